The van der Waals surface area contributed by atoms with Gasteiger partial charge in [0.25, 0.3) is 5.91 Å². The summed E-state index contributed by atoms with van der Waals surface area (Å²) in [4.78, 5) is 12.3. The van der Waals surface area contributed by atoms with Crippen LogP contribution in [0.15, 0.2) is 34.9 Å². The van der Waals surface area contributed by atoms with E-state index in [1.807, 2.05) is 26.8 Å². The molecular formula is C15H18N2O3. The van der Waals surface area contributed by atoms with Crippen molar-refractivity contribution in [3.8, 4) is 5.75 Å². The van der Waals surface area contributed by atoms with Gasteiger partial charge < -0.3 is 14.6 Å². The number of nitrogens with zero attached hydrogens (tertiary/aromatic N) is 1. The van der Waals surface area contributed by atoms with Crippen molar-refractivity contribution in [2.24, 2.45) is 0 Å². The van der Waals surface area contributed by atoms with Gasteiger partial charge in [-0.1, -0.05) is 17.3 Å². The Hall–Kier alpha value is -2.30. The Morgan fingerprint density at radius 2 is 2.00 bits per heavy atom. The molecule has 2 aromatic rings. The lowest BCUT2D eigenvalue weighted by molar-refractivity contribution is 0.0998. The number of carbonyl (C=O) groups excluding carboxylic acids is 1. The van der Waals surface area contributed by atoms with E-state index in [9.17, 15) is 4.79 Å². The summed E-state index contributed by atoms with van der Waals surface area (Å²) in [7, 11) is 0. The molecule has 0 aliphatic carbocycles. The normalized spacial score (nSPS) is 11.2. The van der Waals surface area contributed by atoms with Crippen molar-refractivity contribution in [1.29, 1.82) is 0 Å². The Morgan fingerprint density at radius 1 is 1.30 bits per heavy atom. The first-order valence-electron chi connectivity index (χ1n) is 6.38. The number of para-hydroxylation sites is 1. The van der Waals surface area contributed by atoms with Crippen LogP contribution in [0.5, 0.6) is 5.75 Å². The minimum atomic E-state index is -0.374. The van der Waals surface area contributed by atoms with Gasteiger partial charge in [-0.15, -0.1) is 0 Å². The molecule has 106 valence electrons. The smallest absolute Gasteiger partial charge is 0.260 e. The van der Waals surface area contributed by atoms with Crippen LogP contribution in [0.3, 0.4) is 0 Å². The molecule has 0 radical (unpaired) electrons. The van der Waals surface area contributed by atoms with Crippen LogP contribution in [-0.2, 0) is 0 Å². The molecule has 0 aliphatic rings. The van der Waals surface area contributed by atoms with Gasteiger partial charge in [0.05, 0.1) is 5.56 Å². The molecule has 0 saturated heterocycles. The summed E-state index contributed by atoms with van der Waals surface area (Å²) < 4.78 is 10.7. The maximum Gasteiger partial charge on any atom is 0.260 e. The van der Waals surface area contributed by atoms with Gasteiger partial charge in [-0.05, 0) is 39.8 Å². The molecular weight excluding hydrogens is 256 g/mol. The van der Waals surface area contributed by atoms with Crippen LogP contribution in [0.25, 0.3) is 0 Å². The molecule has 0 aliphatic heterocycles. The number of carbonyl (C=O) groups is 1. The zero-order chi connectivity index (χ0) is 14.8. The average Bonchev–Trinajstić information content (AvgIpc) is 2.73. The Kier molecular flexibility index (Phi) is 3.79. The van der Waals surface area contributed by atoms with Gasteiger partial charge in [0.2, 0.25) is 0 Å². The Bertz CT molecular complexity index is 612. The number of hydrogen-bond acceptors (Lipinski definition) is 4. The predicted octanol–water partition coefficient (Wildman–Crippen LogP) is 3.41. The summed E-state index contributed by atoms with van der Waals surface area (Å²) in [6.07, 6.45) is 0. The molecule has 2 rings (SSSR count). The van der Waals surface area contributed by atoms with Crippen LogP contribution in [0.2, 0.25) is 0 Å². The zero-order valence-electron chi connectivity index (χ0n) is 12.1. The van der Waals surface area contributed by atoms with Crippen molar-refractivity contribution in [2.75, 3.05) is 5.32 Å². The summed E-state index contributed by atoms with van der Waals surface area (Å²) in [5, 5.41) is 6.42. The largest absolute Gasteiger partial charge is 0.487 e. The number of aryl methyl sites for hydroxylation is 1. The molecule has 0 fully saturated rings. The predicted molar refractivity (Wildman–Crippen MR) is 76.0 cm³/mol. The summed E-state index contributed by atoms with van der Waals surface area (Å²) in [5.41, 5.74) is 0.0870. The number of rotatable bonds is 3. The van der Waals surface area contributed by atoms with E-state index in [2.05, 4.69) is 10.5 Å². The second-order valence-corrected chi connectivity index (χ2v) is 5.49. The highest BCUT2D eigenvalue weighted by molar-refractivity contribution is 6.05. The fourth-order valence-electron chi connectivity index (χ4n) is 1.68. The monoisotopic (exact) mass is 274 g/mol. The van der Waals surface area contributed by atoms with Crippen LogP contribution < -0.4 is 10.1 Å². The van der Waals surface area contributed by atoms with E-state index in [0.29, 0.717) is 22.9 Å². The van der Waals surface area contributed by atoms with E-state index < -0.39 is 0 Å². The van der Waals surface area contributed by atoms with Crippen LogP contribution >= 0.6 is 0 Å². The number of anilines is 1. The van der Waals surface area contributed by atoms with Crippen molar-refractivity contribution >= 4 is 11.7 Å². The molecule has 5 heteroatoms. The van der Waals surface area contributed by atoms with Crippen molar-refractivity contribution in [1.82, 2.24) is 5.16 Å². The number of benzene rings is 1. The molecule has 0 saturated carbocycles. The molecule has 0 bridgehead atoms. The van der Waals surface area contributed by atoms with E-state index in [4.69, 9.17) is 9.26 Å². The van der Waals surface area contributed by atoms with Gasteiger partial charge in [0, 0.05) is 6.07 Å². The maximum absolute atomic E-state index is 12.3. The highest BCUT2D eigenvalue weighted by atomic mass is 16.5. The van der Waals surface area contributed by atoms with Crippen molar-refractivity contribution in [3.63, 3.8) is 0 Å². The van der Waals surface area contributed by atoms with Gasteiger partial charge in [-0.2, -0.15) is 0 Å². The molecule has 1 N–H and O–H groups in total. The van der Waals surface area contributed by atoms with E-state index >= 15 is 0 Å². The van der Waals surface area contributed by atoms with E-state index in [0.717, 1.165) is 0 Å². The maximum atomic E-state index is 12.3. The van der Waals surface area contributed by atoms with Gasteiger partial charge >= 0.3 is 0 Å². The Labute approximate surface area is 117 Å². The second kappa shape index (κ2) is 5.36. The third-order valence-electron chi connectivity index (χ3n) is 2.42. The molecule has 0 unspecified atom stereocenters. The third-order valence-corrected chi connectivity index (χ3v) is 2.42. The third kappa shape index (κ3) is 3.60. The first-order chi connectivity index (χ1) is 9.35. The van der Waals surface area contributed by atoms with Crippen LogP contribution in [0.4, 0.5) is 5.82 Å². The standard InChI is InChI=1S/C15H18N2O3/c1-10-9-13(17-20-10)16-14(18)11-7-5-6-8-12(11)19-15(2,3)4/h5-9H,1-4H3,(H,16,17,18). The first-order valence-corrected chi connectivity index (χ1v) is 6.38. The summed E-state index contributed by atoms with van der Waals surface area (Å²) >= 11 is 0. The van der Waals surface area contributed by atoms with E-state index in [1.54, 1.807) is 31.2 Å². The topological polar surface area (TPSA) is 64.4 Å². The molecule has 0 atom stereocenters. The number of aromatic nitrogens is 1. The molecule has 0 spiro atoms. The Morgan fingerprint density at radius 3 is 2.60 bits per heavy atom. The second-order valence-electron chi connectivity index (χ2n) is 5.49. The van der Waals surface area contributed by atoms with Crippen molar-refractivity contribution in [3.05, 3.63) is 41.7 Å². The van der Waals surface area contributed by atoms with Gasteiger partial charge in [-0.25, -0.2) is 0 Å². The number of hydrogen-bond donors (Lipinski definition) is 1. The molecule has 5 nitrogen and oxygen atoms in total. The summed E-state index contributed by atoms with van der Waals surface area (Å²) in [5.74, 6) is 1.29. The van der Waals surface area contributed by atoms with E-state index in [-0.39, 0.29) is 11.5 Å². The molecule has 1 aromatic heterocycles. The van der Waals surface area contributed by atoms with Gasteiger partial charge in [-0.3, -0.25) is 4.79 Å². The number of nitrogens with one attached hydrogen (secondary N) is 1. The van der Waals surface area contributed by atoms with Crippen LogP contribution in [0.1, 0.15) is 36.9 Å². The lowest BCUT2D eigenvalue weighted by Crippen LogP contribution is -2.25. The first kappa shape index (κ1) is 14.1. The van der Waals surface area contributed by atoms with Gasteiger partial charge in [0.1, 0.15) is 17.1 Å². The van der Waals surface area contributed by atoms with Crippen LogP contribution in [0, 0.1) is 6.92 Å². The highest BCUT2D eigenvalue weighted by Crippen LogP contribution is 2.23. The highest BCUT2D eigenvalue weighted by Gasteiger charge is 2.18. The molecule has 1 amide bonds. The SMILES string of the molecule is Cc1cc(NC(=O)c2ccccc2OC(C)(C)C)no1. The Balaban J connectivity index is 2.21. The lowest BCUT2D eigenvalue weighted by Gasteiger charge is -2.22. The fourth-order valence-corrected chi connectivity index (χ4v) is 1.68. The van der Waals surface area contributed by atoms with Crippen molar-refractivity contribution < 1.29 is 14.1 Å². The number of amides is 1. The lowest BCUT2D eigenvalue weighted by atomic mass is 10.1. The van der Waals surface area contributed by atoms with Crippen LogP contribution in [-0.4, -0.2) is 16.7 Å². The number of ether oxygens (including phenoxy) is 1. The fraction of sp³-hybridized carbons (Fsp3) is 0.333. The average molecular weight is 274 g/mol. The zero-order valence-corrected chi connectivity index (χ0v) is 12.1. The molecule has 20 heavy (non-hydrogen) atoms. The summed E-state index contributed by atoms with van der Waals surface area (Å²) in [6.45, 7) is 7.56. The molecule has 1 heterocycles. The van der Waals surface area contributed by atoms with E-state index in [1.165, 1.54) is 0 Å². The minimum absolute atomic E-state index is 0.279. The quantitative estimate of drug-likeness (QED) is 0.931. The van der Waals surface area contributed by atoms with Gasteiger partial charge in [0.15, 0.2) is 5.82 Å². The van der Waals surface area contributed by atoms with Crippen molar-refractivity contribution in [2.45, 2.75) is 33.3 Å². The molecule has 1 aromatic carbocycles. The summed E-state index contributed by atoms with van der Waals surface area (Å²) in [6, 6.07) is 8.76. The minimum Gasteiger partial charge on any atom is -0.487 e.